The van der Waals surface area contributed by atoms with Gasteiger partial charge in [0.1, 0.15) is 6.10 Å². The van der Waals surface area contributed by atoms with Gasteiger partial charge >= 0.3 is 5.97 Å². The summed E-state index contributed by atoms with van der Waals surface area (Å²) in [4.78, 5) is 11.9. The van der Waals surface area contributed by atoms with Crippen LogP contribution < -0.4 is 0 Å². The van der Waals surface area contributed by atoms with E-state index in [1.54, 1.807) is 6.08 Å². The monoisotopic (exact) mass is 667 g/mol. The van der Waals surface area contributed by atoms with Crippen LogP contribution >= 0.6 is 0 Å². The first-order valence-corrected chi connectivity index (χ1v) is 25.0. The summed E-state index contributed by atoms with van der Waals surface area (Å²) >= 11 is 0. The highest BCUT2D eigenvalue weighted by Gasteiger charge is 2.40. The molecular formula is C39H78O4Si2. The van der Waals surface area contributed by atoms with E-state index in [0.29, 0.717) is 6.10 Å². The highest BCUT2D eigenvalue weighted by atomic mass is 28.4. The van der Waals surface area contributed by atoms with Crippen LogP contribution in [0.3, 0.4) is 0 Å². The number of cyclic esters (lactones) is 1. The highest BCUT2D eigenvalue weighted by Crippen LogP contribution is 2.40. The van der Waals surface area contributed by atoms with Crippen molar-refractivity contribution in [3.8, 4) is 0 Å². The van der Waals surface area contributed by atoms with Gasteiger partial charge in [0.05, 0.1) is 0 Å². The van der Waals surface area contributed by atoms with Crippen LogP contribution in [-0.2, 0) is 18.4 Å². The lowest BCUT2D eigenvalue weighted by Crippen LogP contribution is -2.45. The van der Waals surface area contributed by atoms with Crippen molar-refractivity contribution in [1.29, 1.82) is 0 Å². The molecule has 0 N–H and O–H groups in total. The number of hydrogen-bond donors (Lipinski definition) is 0. The predicted octanol–water partition coefficient (Wildman–Crippen LogP) is 13.1. The molecule has 0 aromatic heterocycles. The van der Waals surface area contributed by atoms with Crippen LogP contribution in [0, 0.1) is 0 Å². The summed E-state index contributed by atoms with van der Waals surface area (Å²) in [5.74, 6) is -0.212. The number of rotatable bonds is 25. The molecule has 0 fully saturated rings. The summed E-state index contributed by atoms with van der Waals surface area (Å²) in [5.41, 5.74) is 0. The largest absolute Gasteiger partial charge is 0.459 e. The van der Waals surface area contributed by atoms with Crippen molar-refractivity contribution >= 4 is 22.6 Å². The quantitative estimate of drug-likeness (QED) is 0.0552. The maximum atomic E-state index is 11.9. The molecule has 1 aliphatic rings. The van der Waals surface area contributed by atoms with E-state index in [0.717, 1.165) is 32.1 Å². The molecular weight excluding hydrogens is 589 g/mol. The molecule has 6 heteroatoms. The van der Waals surface area contributed by atoms with Crippen molar-refractivity contribution in [3.05, 3.63) is 12.2 Å². The molecule has 1 heterocycles. The van der Waals surface area contributed by atoms with Gasteiger partial charge in [-0.05, 0) is 55.5 Å². The Hall–Kier alpha value is -0.436. The Morgan fingerprint density at radius 2 is 1.04 bits per heavy atom. The van der Waals surface area contributed by atoms with Crippen LogP contribution in [-0.4, -0.2) is 40.9 Å². The van der Waals surface area contributed by atoms with Crippen LogP contribution in [0.25, 0.3) is 0 Å². The Morgan fingerprint density at radius 3 is 1.47 bits per heavy atom. The van der Waals surface area contributed by atoms with E-state index in [2.05, 4.69) is 74.7 Å². The Balaban J connectivity index is 2.57. The third kappa shape index (κ3) is 18.6. The summed E-state index contributed by atoms with van der Waals surface area (Å²) in [6.07, 6.45) is 29.3. The van der Waals surface area contributed by atoms with Crippen molar-refractivity contribution in [2.45, 2.75) is 231 Å². The number of esters is 1. The van der Waals surface area contributed by atoms with Crippen LogP contribution in [0.15, 0.2) is 12.2 Å². The molecule has 0 aromatic rings. The molecule has 0 unspecified atom stereocenters. The van der Waals surface area contributed by atoms with Gasteiger partial charge in [0.2, 0.25) is 0 Å². The second kappa shape index (κ2) is 21.5. The zero-order chi connectivity index (χ0) is 34.0. The van der Waals surface area contributed by atoms with Gasteiger partial charge < -0.3 is 13.6 Å². The molecule has 3 atom stereocenters. The van der Waals surface area contributed by atoms with E-state index in [1.165, 1.54) is 96.3 Å². The average Bonchev–Trinajstić information content (AvgIpc) is 2.91. The second-order valence-corrected chi connectivity index (χ2v) is 26.8. The molecule has 0 radical (unpaired) electrons. The fraction of sp³-hybridized carbons (Fsp3) is 0.923. The summed E-state index contributed by atoms with van der Waals surface area (Å²) in [7, 11) is -3.74. The van der Waals surface area contributed by atoms with E-state index in [9.17, 15) is 4.79 Å². The molecule has 1 rings (SSSR count). The predicted molar refractivity (Wildman–Crippen MR) is 201 cm³/mol. The third-order valence-electron chi connectivity index (χ3n) is 10.9. The number of ether oxygens (including phenoxy) is 1. The molecule has 0 spiro atoms. The lowest BCUT2D eigenvalue weighted by atomic mass is 9.99. The summed E-state index contributed by atoms with van der Waals surface area (Å²) in [6.45, 7) is 25.8. The maximum absolute atomic E-state index is 11.9. The number of carbonyl (C=O) groups is 1. The number of unbranched alkanes of at least 4 members (excludes halogenated alkanes) is 13. The zero-order valence-corrected chi connectivity index (χ0v) is 34.2. The fourth-order valence-corrected chi connectivity index (χ4v) is 8.64. The SMILES string of the molecule is CCCCCCCCCCCCCCC[C@@H](CCCC[C@@H](C[C@H]1CC=CC(=O)O1)O[Si](C)(C)C(C)(C)C)O[Si](C)(C)C(C)(C)C. The molecule has 0 aromatic carbocycles. The maximum Gasteiger partial charge on any atom is 0.330 e. The molecule has 0 saturated heterocycles. The fourth-order valence-electron chi connectivity index (χ4n) is 5.81. The van der Waals surface area contributed by atoms with Gasteiger partial charge in [0.25, 0.3) is 0 Å². The summed E-state index contributed by atoms with van der Waals surface area (Å²) in [6, 6.07) is 0. The standard InChI is InChI=1S/C39H78O4Si2/c1-12-13-14-15-16-17-18-19-20-21-22-23-24-28-34(42-44(8,9)38(2,3)4)29-25-26-30-36(43-45(10,11)39(5,6)7)33-35-31-27-32-37(40)41-35/h27,32,34-36H,12-26,28-31,33H2,1-11H3/t34-,35+,36-/m0/s1. The number of hydrogen-bond acceptors (Lipinski definition) is 4. The highest BCUT2D eigenvalue weighted by molar-refractivity contribution is 6.74. The van der Waals surface area contributed by atoms with E-state index >= 15 is 0 Å². The molecule has 1 aliphatic heterocycles. The first-order chi connectivity index (χ1) is 21.0. The van der Waals surface area contributed by atoms with Gasteiger partial charge in [-0.3, -0.25) is 0 Å². The van der Waals surface area contributed by atoms with Crippen molar-refractivity contribution in [2.75, 3.05) is 0 Å². The van der Waals surface area contributed by atoms with Crippen LogP contribution in [0.4, 0.5) is 0 Å². The second-order valence-electron chi connectivity index (χ2n) is 17.2. The van der Waals surface area contributed by atoms with Crippen molar-refractivity contribution < 1.29 is 18.4 Å². The Bertz CT molecular complexity index is 809. The lowest BCUT2D eigenvalue weighted by molar-refractivity contribution is -0.145. The van der Waals surface area contributed by atoms with Gasteiger partial charge in [0.15, 0.2) is 16.6 Å². The first-order valence-electron chi connectivity index (χ1n) is 19.2. The van der Waals surface area contributed by atoms with Crippen LogP contribution in [0.1, 0.15) is 177 Å². The molecule has 0 aliphatic carbocycles. The Kier molecular flexibility index (Phi) is 20.4. The molecule has 0 bridgehead atoms. The summed E-state index contributed by atoms with van der Waals surface area (Å²) in [5, 5.41) is 0.389. The summed E-state index contributed by atoms with van der Waals surface area (Å²) < 4.78 is 19.6. The average molecular weight is 667 g/mol. The van der Waals surface area contributed by atoms with Crippen LogP contribution in [0.2, 0.25) is 36.3 Å². The van der Waals surface area contributed by atoms with Crippen LogP contribution in [0.5, 0.6) is 0 Å². The minimum absolute atomic E-state index is 0.0671. The van der Waals surface area contributed by atoms with E-state index in [4.69, 9.17) is 13.6 Å². The molecule has 4 nitrogen and oxygen atoms in total. The first kappa shape index (κ1) is 42.6. The third-order valence-corrected chi connectivity index (χ3v) is 20.0. The van der Waals surface area contributed by atoms with E-state index in [-0.39, 0.29) is 28.3 Å². The zero-order valence-electron chi connectivity index (χ0n) is 32.2. The van der Waals surface area contributed by atoms with Crippen molar-refractivity contribution in [1.82, 2.24) is 0 Å². The van der Waals surface area contributed by atoms with Gasteiger partial charge in [-0.1, -0.05) is 151 Å². The Morgan fingerprint density at radius 1 is 0.667 bits per heavy atom. The van der Waals surface area contributed by atoms with Crippen molar-refractivity contribution in [3.63, 3.8) is 0 Å². The van der Waals surface area contributed by atoms with Crippen molar-refractivity contribution in [2.24, 2.45) is 0 Å². The Labute approximate surface area is 283 Å². The van der Waals surface area contributed by atoms with E-state index < -0.39 is 16.6 Å². The van der Waals surface area contributed by atoms with Gasteiger partial charge in [0, 0.05) is 31.1 Å². The number of carbonyl (C=O) groups excluding carboxylic acids is 1. The smallest absolute Gasteiger partial charge is 0.330 e. The molecule has 0 amide bonds. The van der Waals surface area contributed by atoms with Gasteiger partial charge in [-0.15, -0.1) is 0 Å². The lowest BCUT2D eigenvalue weighted by Gasteiger charge is -2.40. The molecule has 0 saturated carbocycles. The minimum atomic E-state index is -1.93. The van der Waals surface area contributed by atoms with Gasteiger partial charge in [-0.2, -0.15) is 0 Å². The minimum Gasteiger partial charge on any atom is -0.459 e. The molecule has 266 valence electrons. The molecule has 45 heavy (non-hydrogen) atoms. The normalized spacial score (nSPS) is 17.8. The topological polar surface area (TPSA) is 44.8 Å². The van der Waals surface area contributed by atoms with E-state index in [1.807, 2.05) is 6.08 Å². The van der Waals surface area contributed by atoms with Gasteiger partial charge in [-0.25, -0.2) is 4.79 Å².